The SMILES string of the molecule is Cc1ccc(Cn2c(=O)c3ccccc3n3c(SCc4cccc(C)c4)nnc23)cc1. The quantitative estimate of drug-likeness (QED) is 0.371. The van der Waals surface area contributed by atoms with E-state index < -0.39 is 0 Å². The van der Waals surface area contributed by atoms with Gasteiger partial charge in [-0.2, -0.15) is 0 Å². The minimum absolute atomic E-state index is 0.0497. The molecule has 0 radical (unpaired) electrons. The Morgan fingerprint density at radius 1 is 0.839 bits per heavy atom. The lowest BCUT2D eigenvalue weighted by Gasteiger charge is -2.11. The monoisotopic (exact) mass is 426 g/mol. The second kappa shape index (κ2) is 8.04. The summed E-state index contributed by atoms with van der Waals surface area (Å²) in [6, 6.07) is 24.4. The van der Waals surface area contributed by atoms with Gasteiger partial charge in [0, 0.05) is 5.75 Å². The van der Waals surface area contributed by atoms with E-state index in [0.717, 1.165) is 22.0 Å². The van der Waals surface area contributed by atoms with Gasteiger partial charge in [0.25, 0.3) is 5.56 Å². The van der Waals surface area contributed by atoms with Gasteiger partial charge in [-0.05, 0) is 37.1 Å². The van der Waals surface area contributed by atoms with Crippen LogP contribution in [0.2, 0.25) is 0 Å². The summed E-state index contributed by atoms with van der Waals surface area (Å²) in [5.74, 6) is 1.35. The van der Waals surface area contributed by atoms with Crippen LogP contribution in [0.3, 0.4) is 0 Å². The fourth-order valence-electron chi connectivity index (χ4n) is 3.80. The molecule has 6 heteroatoms. The van der Waals surface area contributed by atoms with Gasteiger partial charge in [-0.1, -0.05) is 83.6 Å². The number of hydrogen-bond acceptors (Lipinski definition) is 4. The van der Waals surface area contributed by atoms with E-state index >= 15 is 0 Å². The molecule has 0 fully saturated rings. The third-order valence-electron chi connectivity index (χ3n) is 5.39. The van der Waals surface area contributed by atoms with Gasteiger partial charge in [0.05, 0.1) is 17.4 Å². The van der Waals surface area contributed by atoms with Gasteiger partial charge in [0.15, 0.2) is 5.16 Å². The number of fused-ring (bicyclic) bond motifs is 3. The lowest BCUT2D eigenvalue weighted by Crippen LogP contribution is -2.24. The van der Waals surface area contributed by atoms with Crippen molar-refractivity contribution in [2.75, 3.05) is 0 Å². The van der Waals surface area contributed by atoms with Gasteiger partial charge in [-0.3, -0.25) is 13.8 Å². The maximum Gasteiger partial charge on any atom is 0.263 e. The van der Waals surface area contributed by atoms with Crippen LogP contribution in [0.25, 0.3) is 16.7 Å². The molecule has 0 saturated carbocycles. The molecular formula is C25H22N4OS. The number of nitrogens with zero attached hydrogens (tertiary/aromatic N) is 4. The summed E-state index contributed by atoms with van der Waals surface area (Å²) in [7, 11) is 0. The van der Waals surface area contributed by atoms with Crippen molar-refractivity contribution in [3.05, 3.63) is 105 Å². The van der Waals surface area contributed by atoms with E-state index in [-0.39, 0.29) is 5.56 Å². The number of para-hydroxylation sites is 1. The summed E-state index contributed by atoms with van der Waals surface area (Å²) in [4.78, 5) is 13.3. The Morgan fingerprint density at radius 3 is 2.45 bits per heavy atom. The highest BCUT2D eigenvalue weighted by Crippen LogP contribution is 2.25. The van der Waals surface area contributed by atoms with Gasteiger partial charge in [0.1, 0.15) is 0 Å². The van der Waals surface area contributed by atoms with Gasteiger partial charge in [-0.15, -0.1) is 10.2 Å². The summed E-state index contributed by atoms with van der Waals surface area (Å²) >= 11 is 1.63. The Hall–Kier alpha value is -3.38. The van der Waals surface area contributed by atoms with Gasteiger partial charge in [0.2, 0.25) is 5.78 Å². The third kappa shape index (κ3) is 3.75. The molecule has 2 heterocycles. The summed E-state index contributed by atoms with van der Waals surface area (Å²) in [6.07, 6.45) is 0. The van der Waals surface area contributed by atoms with E-state index in [1.54, 1.807) is 16.3 Å². The van der Waals surface area contributed by atoms with Crippen LogP contribution >= 0.6 is 11.8 Å². The molecule has 0 bridgehead atoms. The number of hydrogen-bond donors (Lipinski definition) is 0. The average molecular weight is 427 g/mol. The van der Waals surface area contributed by atoms with E-state index in [0.29, 0.717) is 17.7 Å². The second-order valence-corrected chi connectivity index (χ2v) is 8.73. The zero-order valence-electron chi connectivity index (χ0n) is 17.4. The molecule has 0 aliphatic heterocycles. The van der Waals surface area contributed by atoms with E-state index in [1.165, 1.54) is 16.7 Å². The van der Waals surface area contributed by atoms with Crippen molar-refractivity contribution in [3.8, 4) is 0 Å². The molecule has 0 amide bonds. The molecule has 31 heavy (non-hydrogen) atoms. The van der Waals surface area contributed by atoms with Crippen molar-refractivity contribution in [2.45, 2.75) is 31.3 Å². The van der Waals surface area contributed by atoms with Crippen LogP contribution in [0.15, 0.2) is 82.7 Å². The normalized spacial score (nSPS) is 11.4. The molecule has 5 rings (SSSR count). The second-order valence-electron chi connectivity index (χ2n) is 7.79. The minimum Gasteiger partial charge on any atom is -0.272 e. The highest BCUT2D eigenvalue weighted by molar-refractivity contribution is 7.98. The first-order valence-corrected chi connectivity index (χ1v) is 11.2. The van der Waals surface area contributed by atoms with Crippen LogP contribution < -0.4 is 5.56 Å². The number of rotatable bonds is 5. The molecule has 0 unspecified atom stereocenters. The number of thioether (sulfide) groups is 1. The molecule has 0 N–H and O–H groups in total. The Morgan fingerprint density at radius 2 is 1.65 bits per heavy atom. The van der Waals surface area contributed by atoms with Crippen molar-refractivity contribution < 1.29 is 0 Å². The van der Waals surface area contributed by atoms with Crippen molar-refractivity contribution in [1.29, 1.82) is 0 Å². The van der Waals surface area contributed by atoms with E-state index in [2.05, 4.69) is 72.6 Å². The van der Waals surface area contributed by atoms with Crippen LogP contribution in [0.1, 0.15) is 22.3 Å². The van der Waals surface area contributed by atoms with Crippen LogP contribution in [-0.2, 0) is 12.3 Å². The molecule has 5 aromatic rings. The smallest absolute Gasteiger partial charge is 0.263 e. The zero-order valence-corrected chi connectivity index (χ0v) is 18.3. The Bertz CT molecular complexity index is 1450. The maximum absolute atomic E-state index is 13.3. The summed E-state index contributed by atoms with van der Waals surface area (Å²) in [5.41, 5.74) is 5.50. The largest absolute Gasteiger partial charge is 0.272 e. The summed E-state index contributed by atoms with van der Waals surface area (Å²) in [5, 5.41) is 10.3. The summed E-state index contributed by atoms with van der Waals surface area (Å²) < 4.78 is 3.72. The topological polar surface area (TPSA) is 52.2 Å². The number of aromatic nitrogens is 4. The predicted molar refractivity (Wildman–Crippen MR) is 126 cm³/mol. The first kappa shape index (κ1) is 19.6. The highest BCUT2D eigenvalue weighted by atomic mass is 32.2. The van der Waals surface area contributed by atoms with Gasteiger partial charge in [-0.25, -0.2) is 0 Å². The summed E-state index contributed by atoms with van der Waals surface area (Å²) in [6.45, 7) is 4.60. The number of benzene rings is 3. The molecular weight excluding hydrogens is 404 g/mol. The van der Waals surface area contributed by atoms with E-state index in [9.17, 15) is 4.79 Å². The molecule has 5 nitrogen and oxygen atoms in total. The Kier molecular flexibility index (Phi) is 5.08. The van der Waals surface area contributed by atoms with E-state index in [1.807, 2.05) is 28.7 Å². The van der Waals surface area contributed by atoms with Crippen molar-refractivity contribution in [3.63, 3.8) is 0 Å². The van der Waals surface area contributed by atoms with Crippen molar-refractivity contribution in [2.24, 2.45) is 0 Å². The van der Waals surface area contributed by atoms with Crippen LogP contribution in [0, 0.1) is 13.8 Å². The average Bonchev–Trinajstić information content (AvgIpc) is 3.21. The molecule has 2 aromatic heterocycles. The first-order valence-electron chi connectivity index (χ1n) is 10.2. The van der Waals surface area contributed by atoms with Gasteiger partial charge >= 0.3 is 0 Å². The van der Waals surface area contributed by atoms with E-state index in [4.69, 9.17) is 0 Å². The molecule has 0 aliphatic carbocycles. The fourth-order valence-corrected chi connectivity index (χ4v) is 4.68. The molecule has 3 aromatic carbocycles. The lowest BCUT2D eigenvalue weighted by atomic mass is 10.1. The third-order valence-corrected chi connectivity index (χ3v) is 6.39. The van der Waals surface area contributed by atoms with Crippen molar-refractivity contribution >= 4 is 28.4 Å². The highest BCUT2D eigenvalue weighted by Gasteiger charge is 2.17. The predicted octanol–water partition coefficient (Wildman–Crippen LogP) is 5.00. The minimum atomic E-state index is -0.0497. The van der Waals surface area contributed by atoms with Crippen LogP contribution in [0.4, 0.5) is 0 Å². The van der Waals surface area contributed by atoms with Crippen molar-refractivity contribution in [1.82, 2.24) is 19.2 Å². The van der Waals surface area contributed by atoms with Crippen LogP contribution in [-0.4, -0.2) is 19.2 Å². The van der Waals surface area contributed by atoms with Crippen LogP contribution in [0.5, 0.6) is 0 Å². The zero-order chi connectivity index (χ0) is 21.4. The maximum atomic E-state index is 13.3. The number of aryl methyl sites for hydroxylation is 2. The molecule has 0 aliphatic rings. The Balaban J connectivity index is 1.63. The fraction of sp³-hybridized carbons (Fsp3) is 0.160. The molecule has 0 atom stereocenters. The first-order chi connectivity index (χ1) is 15.1. The Labute approximate surface area is 184 Å². The molecule has 0 saturated heterocycles. The standard InChI is InChI=1S/C25H22N4OS/c1-17-10-12-19(13-11-17)15-28-23(30)21-8-3-4-9-22(21)29-24(28)26-27-25(29)31-16-20-7-5-6-18(2)14-20/h3-14H,15-16H2,1-2H3. The lowest BCUT2D eigenvalue weighted by molar-refractivity contribution is 0.763. The molecule has 0 spiro atoms. The van der Waals surface area contributed by atoms with Gasteiger partial charge < -0.3 is 0 Å². The molecule has 154 valence electrons.